The van der Waals surface area contributed by atoms with Gasteiger partial charge in [-0.3, -0.25) is 0 Å². The zero-order valence-corrected chi connectivity index (χ0v) is 76.2. The van der Waals surface area contributed by atoms with Crippen LogP contribution in [-0.2, 0) is 43.3 Å². The SMILES string of the molecule is CC(C)(C)c1ccc2c(c1)C1(c3cc(C(C)(C)C)ccc3-2)c2ccccc2-c2c(Br)cccc21.[2H]C([2H])([2H])c1ccc(-c2ccccc2N(c2ccc3c(c2)C(C)(C)c2ccccc2-3)c2cccc3c2-c2ccccc2C32c3cc(C(C)(C)C)ccc3-c3ccc(C(C)(C)C)cc32)cc1.[2H]C([2H])([2H])c1ccc(-c2ccccc2Nc2ccc3c(c2)C(C)(C)c2ccccc2-3)cc1. The first kappa shape index (κ1) is 74.1. The van der Waals surface area contributed by atoms with Gasteiger partial charge in [0.25, 0.3) is 0 Å². The van der Waals surface area contributed by atoms with Crippen LogP contribution in [0.25, 0.3) is 89.0 Å². The van der Waals surface area contributed by atoms with Crippen molar-refractivity contribution in [2.24, 2.45) is 0 Å². The highest BCUT2D eigenvalue weighted by molar-refractivity contribution is 9.10. The van der Waals surface area contributed by atoms with Gasteiger partial charge in [0.15, 0.2) is 0 Å². The Hall–Kier alpha value is -12.4. The van der Waals surface area contributed by atoms with E-state index in [9.17, 15) is 0 Å². The Morgan fingerprint density at radius 1 is 0.264 bits per heavy atom. The summed E-state index contributed by atoms with van der Waals surface area (Å²) in [5.41, 5.74) is 46.1. The fourth-order valence-electron chi connectivity index (χ4n) is 21.7. The molecule has 0 unspecified atom stereocenters. The van der Waals surface area contributed by atoms with Crippen molar-refractivity contribution in [1.82, 2.24) is 0 Å². The summed E-state index contributed by atoms with van der Waals surface area (Å²) in [5, 5.41) is 3.60. The summed E-state index contributed by atoms with van der Waals surface area (Å²) >= 11 is 3.92. The molecule has 22 rings (SSSR count). The molecule has 0 aliphatic heterocycles. The maximum absolute atomic E-state index is 8.12. The van der Waals surface area contributed by atoms with Gasteiger partial charge in [-0.1, -0.05) is 429 Å². The molecule has 0 radical (unpaired) electrons. The Labute approximate surface area is 758 Å². The van der Waals surface area contributed by atoms with Gasteiger partial charge in [-0.25, -0.2) is 0 Å². The Bertz CT molecular complexity index is 7200. The summed E-state index contributed by atoms with van der Waals surface area (Å²) in [4.78, 5) is 2.48. The number of anilines is 5. The second-order valence-electron chi connectivity index (χ2n) is 40.5. The lowest BCUT2D eigenvalue weighted by atomic mass is 9.69. The van der Waals surface area contributed by atoms with E-state index in [-0.39, 0.29) is 37.9 Å². The van der Waals surface area contributed by atoms with Crippen LogP contribution < -0.4 is 10.2 Å². The Kier molecular flexibility index (Phi) is 17.4. The van der Waals surface area contributed by atoms with Gasteiger partial charge in [0.1, 0.15) is 0 Å². The zero-order valence-electron chi connectivity index (χ0n) is 80.7. The van der Waals surface area contributed by atoms with E-state index in [1.54, 1.807) is 24.3 Å². The average Bonchev–Trinajstić information content (AvgIpc) is 1.51. The van der Waals surface area contributed by atoms with Crippen molar-refractivity contribution in [1.29, 1.82) is 0 Å². The maximum atomic E-state index is 8.12. The third-order valence-electron chi connectivity index (χ3n) is 28.2. The molecule has 2 spiro atoms. The molecule has 0 bridgehead atoms. The standard InChI is InChI=1S/C61H55N.C33H31Br.C28H25N/c1-38-25-27-39(28-26-38)43-17-12-15-23-55(43)62(42-31-34-45-44-18-10-13-20-49(44)60(8,9)52(45)37-42)56-24-16-22-51-57(56)48-19-11-14-21-50(48)61(51)53-35-40(58(2,3)4)29-32-46(53)47-33-30-41(36-54(47)61)59(5,6)7;1-31(2,3)20-14-16-22-23-17-15-21(32(4,5)6)19-28(23)33(27(22)18-20)25-11-8-7-10-24(25)30-26(33)12-9-13-29(30)34;1-19-12-14-20(15-13-19)22-8-5-7-11-27(22)29-21-16-17-24-23-9-4-6-10-25(23)28(2,3)26(24)18-21/h10-37H,1-9H3;7-19H,1-6H3;4-18,29H,1-3H3/i1D3;;1D3. The van der Waals surface area contributed by atoms with Crippen molar-refractivity contribution in [3.63, 3.8) is 0 Å². The molecule has 616 valence electrons. The van der Waals surface area contributed by atoms with E-state index in [0.29, 0.717) is 11.1 Å². The second-order valence-corrected chi connectivity index (χ2v) is 41.4. The van der Waals surface area contributed by atoms with Crippen molar-refractivity contribution in [3.8, 4) is 89.0 Å². The van der Waals surface area contributed by atoms with Crippen LogP contribution in [0, 0.1) is 13.7 Å². The molecule has 0 amide bonds. The lowest BCUT2D eigenvalue weighted by Gasteiger charge is -2.34. The molecule has 0 fully saturated rings. The Morgan fingerprint density at radius 2 is 0.600 bits per heavy atom. The molecule has 6 aliphatic rings. The van der Waals surface area contributed by atoms with Crippen molar-refractivity contribution in [2.45, 2.75) is 168 Å². The summed E-state index contributed by atoms with van der Waals surface area (Å²) in [5.74, 6) is 0. The van der Waals surface area contributed by atoms with Crippen LogP contribution >= 0.6 is 15.9 Å². The fourth-order valence-corrected chi connectivity index (χ4v) is 22.3. The first-order valence-electron chi connectivity index (χ1n) is 47.4. The maximum Gasteiger partial charge on any atom is 0.0726 e. The zero-order chi connectivity index (χ0) is 92.0. The summed E-state index contributed by atoms with van der Waals surface area (Å²) in [6.45, 7) is 32.8. The van der Waals surface area contributed by atoms with Gasteiger partial charge < -0.3 is 10.2 Å². The van der Waals surface area contributed by atoms with Crippen LogP contribution in [0.15, 0.2) is 344 Å². The fraction of sp³-hybridized carbons (Fsp3) is 0.213. The number of nitrogens with zero attached hydrogens (tertiary/aromatic N) is 1. The number of benzene rings is 16. The molecular formula is C122H111BrN2. The summed E-state index contributed by atoms with van der Waals surface area (Å²) in [6.07, 6.45) is 0. The largest absolute Gasteiger partial charge is 0.355 e. The molecule has 0 saturated heterocycles. The van der Waals surface area contributed by atoms with Crippen molar-refractivity contribution < 1.29 is 8.22 Å². The summed E-state index contributed by atoms with van der Waals surface area (Å²) < 4.78 is 48.3. The van der Waals surface area contributed by atoms with Crippen LogP contribution in [0.3, 0.4) is 0 Å². The van der Waals surface area contributed by atoms with Crippen molar-refractivity contribution in [3.05, 3.63) is 444 Å². The third-order valence-corrected chi connectivity index (χ3v) is 28.9. The first-order valence-corrected chi connectivity index (χ1v) is 45.2. The topological polar surface area (TPSA) is 15.3 Å². The predicted octanol–water partition coefficient (Wildman–Crippen LogP) is 33.5. The molecule has 125 heavy (non-hydrogen) atoms. The molecule has 16 aromatic carbocycles. The van der Waals surface area contributed by atoms with Gasteiger partial charge >= 0.3 is 0 Å². The van der Waals surface area contributed by atoms with Crippen LogP contribution in [0.1, 0.15) is 219 Å². The van der Waals surface area contributed by atoms with Crippen molar-refractivity contribution in [2.75, 3.05) is 10.2 Å². The lowest BCUT2D eigenvalue weighted by Crippen LogP contribution is -2.27. The molecule has 1 N–H and O–H groups in total. The van der Waals surface area contributed by atoms with Gasteiger partial charge in [0.05, 0.1) is 22.2 Å². The molecular weight excluding hydrogens is 1570 g/mol. The van der Waals surface area contributed by atoms with E-state index in [2.05, 4.69) is 416 Å². The number of hydrogen-bond acceptors (Lipinski definition) is 2. The summed E-state index contributed by atoms with van der Waals surface area (Å²) in [7, 11) is 0. The monoisotopic (exact) mass is 1690 g/mol. The number of fused-ring (bicyclic) bond motifs is 26. The Morgan fingerprint density at radius 3 is 1.06 bits per heavy atom. The van der Waals surface area contributed by atoms with Gasteiger partial charge in [-0.05, 0) is 240 Å². The number of rotatable bonds is 7. The lowest BCUT2D eigenvalue weighted by molar-refractivity contribution is 0.586. The van der Waals surface area contributed by atoms with E-state index in [0.717, 1.165) is 50.7 Å². The van der Waals surface area contributed by atoms with E-state index < -0.39 is 19.1 Å². The van der Waals surface area contributed by atoms with E-state index in [1.807, 2.05) is 36.4 Å². The van der Waals surface area contributed by atoms with Crippen LogP contribution in [0.4, 0.5) is 28.4 Å². The number of hydrogen-bond donors (Lipinski definition) is 1. The van der Waals surface area contributed by atoms with Gasteiger partial charge in [-0.15, -0.1) is 0 Å². The third kappa shape index (κ3) is 12.8. The van der Waals surface area contributed by atoms with Gasteiger partial charge in [0.2, 0.25) is 0 Å². The first-order chi connectivity index (χ1) is 62.2. The Balaban J connectivity index is 0.000000136. The summed E-state index contributed by atoms with van der Waals surface area (Å²) in [6, 6.07) is 123. The highest BCUT2D eigenvalue weighted by Crippen LogP contribution is 2.68. The highest BCUT2D eigenvalue weighted by atomic mass is 79.9. The van der Waals surface area contributed by atoms with Crippen LogP contribution in [0.2, 0.25) is 0 Å². The van der Waals surface area contributed by atoms with Crippen LogP contribution in [0.5, 0.6) is 0 Å². The molecule has 0 aromatic heterocycles. The number of aryl methyl sites for hydroxylation is 2. The molecule has 6 aliphatic carbocycles. The molecule has 0 saturated carbocycles. The highest BCUT2D eigenvalue weighted by Gasteiger charge is 2.55. The van der Waals surface area contributed by atoms with E-state index in [4.69, 9.17) is 8.22 Å². The molecule has 2 nitrogen and oxygen atoms in total. The van der Waals surface area contributed by atoms with Crippen molar-refractivity contribution >= 4 is 44.4 Å². The normalized spacial score (nSPS) is 15.5. The number of para-hydroxylation sites is 2. The molecule has 16 aromatic rings. The quantitative estimate of drug-likeness (QED) is 0.171. The average molecular weight is 1690 g/mol. The minimum atomic E-state index is -2.19. The minimum absolute atomic E-state index is 0.0474. The minimum Gasteiger partial charge on any atom is -0.355 e. The van der Waals surface area contributed by atoms with Gasteiger partial charge in [0, 0.05) is 62.8 Å². The van der Waals surface area contributed by atoms with E-state index in [1.165, 1.54) is 160 Å². The van der Waals surface area contributed by atoms with Gasteiger partial charge in [-0.2, -0.15) is 0 Å². The predicted molar refractivity (Wildman–Crippen MR) is 534 cm³/mol. The molecule has 0 heterocycles. The second kappa shape index (κ2) is 29.4. The van der Waals surface area contributed by atoms with E-state index >= 15 is 0 Å². The molecule has 0 atom stereocenters. The number of nitrogens with one attached hydrogen (secondary N) is 1. The smallest absolute Gasteiger partial charge is 0.0726 e. The van der Waals surface area contributed by atoms with Crippen LogP contribution in [-0.4, -0.2) is 0 Å². The number of halogens is 1. The molecule has 3 heteroatoms.